The highest BCUT2D eigenvalue weighted by Crippen LogP contribution is 2.23. The minimum Gasteiger partial charge on any atom is -0.423 e. The monoisotopic (exact) mass is 234 g/mol. The molecule has 0 saturated carbocycles. The van der Waals surface area contributed by atoms with Crippen LogP contribution < -0.4 is 16.4 Å². The zero-order valence-electron chi connectivity index (χ0n) is 9.65. The summed E-state index contributed by atoms with van der Waals surface area (Å²) in [5.74, 6) is -0.139. The van der Waals surface area contributed by atoms with Gasteiger partial charge in [-0.15, -0.1) is 0 Å². The number of para-hydroxylation sites is 1. The Labute approximate surface area is 98.2 Å². The Morgan fingerprint density at radius 2 is 2.29 bits per heavy atom. The van der Waals surface area contributed by atoms with Crippen molar-refractivity contribution in [1.29, 1.82) is 0 Å². The summed E-state index contributed by atoms with van der Waals surface area (Å²) in [6.07, 6.45) is 0. The lowest BCUT2D eigenvalue weighted by molar-refractivity contribution is -0.121. The molecule has 1 unspecified atom stereocenters. The van der Waals surface area contributed by atoms with Crippen molar-refractivity contribution in [3.63, 3.8) is 0 Å². The lowest BCUT2D eigenvalue weighted by Crippen LogP contribution is -2.35. The number of nitrogens with two attached hydrogens (primary N) is 1. The van der Waals surface area contributed by atoms with Gasteiger partial charge in [0.15, 0.2) is 5.58 Å². The minimum atomic E-state index is -0.422. The number of carbonyl (C=O) groups excluding carboxylic acids is 1. The highest BCUT2D eigenvalue weighted by molar-refractivity contribution is 5.87. The topological polar surface area (TPSA) is 93.2 Å². The second-order valence-electron chi connectivity index (χ2n) is 3.69. The third-order valence-electron chi connectivity index (χ3n) is 2.43. The van der Waals surface area contributed by atoms with E-state index in [0.29, 0.717) is 16.8 Å². The summed E-state index contributed by atoms with van der Waals surface area (Å²) in [6, 6.07) is 5.17. The van der Waals surface area contributed by atoms with Gasteiger partial charge in [0.1, 0.15) is 11.6 Å². The van der Waals surface area contributed by atoms with Crippen molar-refractivity contribution in [2.75, 3.05) is 18.1 Å². The van der Waals surface area contributed by atoms with Gasteiger partial charge in [-0.05, 0) is 19.1 Å². The molecule has 6 heteroatoms. The molecular weight excluding hydrogens is 220 g/mol. The molecule has 1 amide bonds. The maximum Gasteiger partial charge on any atom is 0.296 e. The van der Waals surface area contributed by atoms with Crippen LogP contribution in [0.1, 0.15) is 6.92 Å². The van der Waals surface area contributed by atoms with Crippen molar-refractivity contribution in [2.45, 2.75) is 13.0 Å². The van der Waals surface area contributed by atoms with E-state index in [1.807, 2.05) is 0 Å². The number of hydrogen-bond donors (Lipinski definition) is 3. The average molecular weight is 234 g/mol. The third-order valence-corrected chi connectivity index (χ3v) is 2.43. The van der Waals surface area contributed by atoms with Crippen LogP contribution >= 0.6 is 0 Å². The molecule has 90 valence electrons. The summed E-state index contributed by atoms with van der Waals surface area (Å²) in [4.78, 5) is 15.5. The van der Waals surface area contributed by atoms with Gasteiger partial charge < -0.3 is 20.8 Å². The van der Waals surface area contributed by atoms with E-state index in [0.717, 1.165) is 0 Å². The molecule has 2 aromatic rings. The number of likely N-dealkylation sites (N-methyl/N-ethyl adjacent to an activating group) is 1. The Balaban J connectivity index is 2.26. The van der Waals surface area contributed by atoms with Crippen molar-refractivity contribution in [3.8, 4) is 0 Å². The molecule has 0 aliphatic carbocycles. The summed E-state index contributed by atoms with van der Waals surface area (Å²) in [7, 11) is 1.57. The molecule has 6 nitrogen and oxygen atoms in total. The summed E-state index contributed by atoms with van der Waals surface area (Å²) >= 11 is 0. The quantitative estimate of drug-likeness (QED) is 0.688. The van der Waals surface area contributed by atoms with Gasteiger partial charge in [-0.2, -0.15) is 4.98 Å². The zero-order valence-corrected chi connectivity index (χ0v) is 9.65. The van der Waals surface area contributed by atoms with Gasteiger partial charge in [-0.25, -0.2) is 0 Å². The fourth-order valence-electron chi connectivity index (χ4n) is 1.50. The molecule has 1 atom stereocenters. The predicted molar refractivity (Wildman–Crippen MR) is 65.6 cm³/mol. The Morgan fingerprint density at radius 1 is 1.53 bits per heavy atom. The standard InChI is InChI=1S/C11H14N4O2/c1-6(10(16)13-2)14-11-15-9-7(12)4-3-5-8(9)17-11/h3-6H,12H2,1-2H3,(H,13,16)(H,14,15). The number of anilines is 2. The summed E-state index contributed by atoms with van der Waals surface area (Å²) in [5, 5.41) is 5.40. The molecule has 1 aromatic heterocycles. The second kappa shape index (κ2) is 4.32. The molecule has 0 fully saturated rings. The van der Waals surface area contributed by atoms with Gasteiger partial charge >= 0.3 is 0 Å². The number of benzene rings is 1. The highest BCUT2D eigenvalue weighted by atomic mass is 16.4. The van der Waals surface area contributed by atoms with Gasteiger partial charge in [0.05, 0.1) is 5.69 Å². The number of hydrogen-bond acceptors (Lipinski definition) is 5. The smallest absolute Gasteiger partial charge is 0.296 e. The van der Waals surface area contributed by atoms with Crippen LogP contribution in [0.15, 0.2) is 22.6 Å². The number of oxazole rings is 1. The first-order valence-electron chi connectivity index (χ1n) is 5.25. The van der Waals surface area contributed by atoms with Crippen LogP contribution in [0.4, 0.5) is 11.7 Å². The fourth-order valence-corrected chi connectivity index (χ4v) is 1.50. The largest absolute Gasteiger partial charge is 0.423 e. The maximum atomic E-state index is 11.3. The Kier molecular flexibility index (Phi) is 2.86. The molecule has 0 aliphatic rings. The van der Waals surface area contributed by atoms with E-state index in [9.17, 15) is 4.79 Å². The lowest BCUT2D eigenvalue weighted by Gasteiger charge is -2.09. The SMILES string of the molecule is CNC(=O)C(C)Nc1nc2c(N)cccc2o1. The van der Waals surface area contributed by atoms with Crippen LogP contribution in [0.25, 0.3) is 11.1 Å². The Morgan fingerprint density at radius 3 is 2.94 bits per heavy atom. The van der Waals surface area contributed by atoms with E-state index < -0.39 is 6.04 Å². The van der Waals surface area contributed by atoms with Crippen LogP contribution in [-0.2, 0) is 4.79 Å². The minimum absolute atomic E-state index is 0.139. The molecule has 1 heterocycles. The number of rotatable bonds is 3. The van der Waals surface area contributed by atoms with Crippen LogP contribution in [-0.4, -0.2) is 24.0 Å². The van der Waals surface area contributed by atoms with Gasteiger partial charge in [0.25, 0.3) is 6.01 Å². The highest BCUT2D eigenvalue weighted by Gasteiger charge is 2.14. The van der Waals surface area contributed by atoms with Crippen LogP contribution in [0.2, 0.25) is 0 Å². The van der Waals surface area contributed by atoms with Crippen molar-refractivity contribution in [3.05, 3.63) is 18.2 Å². The van der Waals surface area contributed by atoms with E-state index in [4.69, 9.17) is 10.2 Å². The van der Waals surface area contributed by atoms with Crippen molar-refractivity contribution < 1.29 is 9.21 Å². The summed E-state index contributed by atoms with van der Waals surface area (Å²) in [5.41, 5.74) is 7.50. The van der Waals surface area contributed by atoms with E-state index in [2.05, 4.69) is 15.6 Å². The fraction of sp³-hybridized carbons (Fsp3) is 0.273. The molecule has 0 bridgehead atoms. The first-order valence-corrected chi connectivity index (χ1v) is 5.25. The van der Waals surface area contributed by atoms with Crippen LogP contribution in [0.5, 0.6) is 0 Å². The van der Waals surface area contributed by atoms with Crippen molar-refractivity contribution in [2.24, 2.45) is 0 Å². The van der Waals surface area contributed by atoms with E-state index in [-0.39, 0.29) is 11.9 Å². The Hall–Kier alpha value is -2.24. The van der Waals surface area contributed by atoms with Crippen molar-refractivity contribution in [1.82, 2.24) is 10.3 Å². The molecule has 0 saturated heterocycles. The number of nitrogens with one attached hydrogen (secondary N) is 2. The average Bonchev–Trinajstić information content (AvgIpc) is 2.72. The lowest BCUT2D eigenvalue weighted by atomic mass is 10.3. The molecule has 0 spiro atoms. The first-order chi connectivity index (χ1) is 8.11. The van der Waals surface area contributed by atoms with Crippen LogP contribution in [0, 0.1) is 0 Å². The summed E-state index contributed by atoms with van der Waals surface area (Å²) in [6.45, 7) is 1.72. The first kappa shape index (κ1) is 11.3. The number of nitrogen functional groups attached to an aromatic ring is 1. The number of aromatic nitrogens is 1. The van der Waals surface area contributed by atoms with E-state index in [1.165, 1.54) is 0 Å². The van der Waals surface area contributed by atoms with Gasteiger partial charge in [0.2, 0.25) is 5.91 Å². The van der Waals surface area contributed by atoms with Gasteiger partial charge in [-0.1, -0.05) is 6.07 Å². The number of amides is 1. The molecule has 1 aromatic carbocycles. The van der Waals surface area contributed by atoms with E-state index in [1.54, 1.807) is 32.2 Å². The molecule has 17 heavy (non-hydrogen) atoms. The van der Waals surface area contributed by atoms with Gasteiger partial charge in [-0.3, -0.25) is 4.79 Å². The van der Waals surface area contributed by atoms with Crippen LogP contribution in [0.3, 0.4) is 0 Å². The van der Waals surface area contributed by atoms with Gasteiger partial charge in [0, 0.05) is 7.05 Å². The molecule has 2 rings (SSSR count). The van der Waals surface area contributed by atoms with Crippen molar-refractivity contribution >= 4 is 28.7 Å². The second-order valence-corrected chi connectivity index (χ2v) is 3.69. The molecule has 4 N–H and O–H groups in total. The maximum absolute atomic E-state index is 11.3. The number of fused-ring (bicyclic) bond motifs is 1. The van der Waals surface area contributed by atoms with E-state index >= 15 is 0 Å². The number of nitrogens with zero attached hydrogens (tertiary/aromatic N) is 1. The third kappa shape index (κ3) is 2.15. The molecule has 0 radical (unpaired) electrons. The predicted octanol–water partition coefficient (Wildman–Crippen LogP) is 0.956. The molecule has 0 aliphatic heterocycles. The molecular formula is C11H14N4O2. The zero-order chi connectivity index (χ0) is 12.4. The normalized spacial score (nSPS) is 12.4. The number of carbonyl (C=O) groups is 1. The summed E-state index contributed by atoms with van der Waals surface area (Å²) < 4.78 is 5.43. The Bertz CT molecular complexity index is 549.